The topological polar surface area (TPSA) is 172 Å². The van der Waals surface area contributed by atoms with Gasteiger partial charge in [-0.2, -0.15) is 13.5 Å². The summed E-state index contributed by atoms with van der Waals surface area (Å²) in [6.07, 6.45) is 0. The van der Waals surface area contributed by atoms with Crippen LogP contribution in [0, 0.1) is 6.92 Å². The minimum Gasteiger partial charge on any atom is -0.383 e. The van der Waals surface area contributed by atoms with E-state index in [0.29, 0.717) is 5.69 Å². The number of rotatable bonds is 1. The van der Waals surface area contributed by atoms with Gasteiger partial charge < -0.3 is 11.5 Å². The van der Waals surface area contributed by atoms with Crippen molar-refractivity contribution in [3.63, 3.8) is 0 Å². The Bertz CT molecular complexity index is 422. The van der Waals surface area contributed by atoms with Crippen molar-refractivity contribution >= 4 is 22.1 Å². The fraction of sp³-hybridized carbons (Fsp3) is 0.200. The van der Waals surface area contributed by atoms with Crippen LogP contribution >= 0.6 is 0 Å². The predicted molar refractivity (Wildman–Crippen MR) is 50.4 cm³/mol. The van der Waals surface area contributed by atoms with Gasteiger partial charge in [0.25, 0.3) is 5.91 Å². The number of carbonyl (C=O) groups is 1. The Kier molecular flexibility index (Phi) is 4.21. The molecular weight excluding hydrogens is 228 g/mol. The van der Waals surface area contributed by atoms with Crippen LogP contribution in [0.2, 0.25) is 0 Å². The number of nitrogens with zero attached hydrogens (tertiary/aromatic N) is 1. The maximum absolute atomic E-state index is 10.6. The van der Waals surface area contributed by atoms with Crippen LogP contribution in [0.4, 0.5) is 5.82 Å². The zero-order chi connectivity index (χ0) is 12.2. The summed E-state index contributed by atoms with van der Waals surface area (Å²) < 4.78 is 31.6. The number of aromatic nitrogens is 2. The third-order valence-electron chi connectivity index (χ3n) is 1.22. The average molecular weight is 238 g/mol. The van der Waals surface area contributed by atoms with E-state index in [4.69, 9.17) is 29.0 Å². The first-order valence-corrected chi connectivity index (χ1v) is 4.82. The normalized spacial score (nSPS) is 10.3. The maximum atomic E-state index is 10.6. The van der Waals surface area contributed by atoms with E-state index >= 15 is 0 Å². The van der Waals surface area contributed by atoms with Gasteiger partial charge >= 0.3 is 10.4 Å². The van der Waals surface area contributed by atoms with Gasteiger partial charge in [0.05, 0.1) is 5.69 Å². The zero-order valence-electron chi connectivity index (χ0n) is 7.63. The molecule has 1 aromatic rings. The van der Waals surface area contributed by atoms with Gasteiger partial charge in [0.15, 0.2) is 0 Å². The van der Waals surface area contributed by atoms with E-state index in [1.165, 1.54) is 0 Å². The molecule has 0 aliphatic heterocycles. The molecule has 1 amide bonds. The van der Waals surface area contributed by atoms with Gasteiger partial charge in [-0.1, -0.05) is 0 Å². The Morgan fingerprint density at radius 2 is 1.87 bits per heavy atom. The average Bonchev–Trinajstić information content (AvgIpc) is 2.26. The van der Waals surface area contributed by atoms with Crippen LogP contribution in [-0.4, -0.2) is 33.6 Å². The number of H-pyrrole nitrogens is 1. The summed E-state index contributed by atoms with van der Waals surface area (Å²) in [7, 11) is -4.67. The molecule has 1 aromatic heterocycles. The third-order valence-corrected chi connectivity index (χ3v) is 1.22. The van der Waals surface area contributed by atoms with Crippen molar-refractivity contribution in [3.05, 3.63) is 11.3 Å². The van der Waals surface area contributed by atoms with E-state index in [9.17, 15) is 4.79 Å². The van der Waals surface area contributed by atoms with Gasteiger partial charge in [-0.3, -0.25) is 19.0 Å². The fourth-order valence-corrected chi connectivity index (χ4v) is 0.762. The molecule has 1 rings (SSSR count). The zero-order valence-corrected chi connectivity index (χ0v) is 8.45. The SMILES string of the molecule is Cc1n[nH]c(N)c1C(N)=O.O=S(=O)(O)O. The second-order valence-electron chi connectivity index (χ2n) is 2.41. The van der Waals surface area contributed by atoms with E-state index in [-0.39, 0.29) is 11.4 Å². The van der Waals surface area contributed by atoms with Gasteiger partial charge in [0, 0.05) is 0 Å². The molecule has 86 valence electrons. The summed E-state index contributed by atoms with van der Waals surface area (Å²) in [5, 5.41) is 6.13. The monoisotopic (exact) mass is 238 g/mol. The molecule has 0 aromatic carbocycles. The van der Waals surface area contributed by atoms with E-state index in [1.54, 1.807) is 6.92 Å². The summed E-state index contributed by atoms with van der Waals surface area (Å²) in [5.74, 6) is -0.325. The van der Waals surface area contributed by atoms with Crippen LogP contribution in [0.1, 0.15) is 16.1 Å². The standard InChI is InChI=1S/C5H8N4O.H2O4S/c1-2-3(5(7)10)4(6)9-8-2;1-5(2,3)4/h1H3,(H2,7,10)(H3,6,8,9);(H2,1,2,3,4). The number of carbonyl (C=O) groups excluding carboxylic acids is 1. The van der Waals surface area contributed by atoms with Crippen LogP contribution in [0.25, 0.3) is 0 Å². The lowest BCUT2D eigenvalue weighted by molar-refractivity contribution is 0.100. The fourth-order valence-electron chi connectivity index (χ4n) is 0.762. The minimum atomic E-state index is -4.67. The van der Waals surface area contributed by atoms with Crippen molar-refractivity contribution in [2.24, 2.45) is 5.73 Å². The Morgan fingerprint density at radius 1 is 1.47 bits per heavy atom. The molecule has 0 saturated carbocycles. The molecule has 0 bridgehead atoms. The predicted octanol–water partition coefficient (Wildman–Crippen LogP) is -1.25. The molecule has 0 saturated heterocycles. The molecule has 0 aliphatic rings. The first kappa shape index (κ1) is 13.4. The summed E-state index contributed by atoms with van der Waals surface area (Å²) in [6, 6.07) is 0. The molecule has 0 spiro atoms. The lowest BCUT2D eigenvalue weighted by Crippen LogP contribution is -2.13. The number of nitrogen functional groups attached to an aromatic ring is 1. The highest BCUT2D eigenvalue weighted by molar-refractivity contribution is 7.79. The highest BCUT2D eigenvalue weighted by Crippen LogP contribution is 2.09. The number of amides is 1. The van der Waals surface area contributed by atoms with Gasteiger partial charge in [-0.15, -0.1) is 0 Å². The van der Waals surface area contributed by atoms with E-state index in [2.05, 4.69) is 10.2 Å². The van der Waals surface area contributed by atoms with E-state index in [0.717, 1.165) is 0 Å². The van der Waals surface area contributed by atoms with E-state index in [1.807, 2.05) is 0 Å². The molecule has 0 radical (unpaired) electrons. The van der Waals surface area contributed by atoms with Crippen molar-refractivity contribution in [2.45, 2.75) is 6.92 Å². The molecule has 1 heterocycles. The van der Waals surface area contributed by atoms with Crippen molar-refractivity contribution in [2.75, 3.05) is 5.73 Å². The quantitative estimate of drug-likeness (QED) is 0.380. The number of nitrogens with two attached hydrogens (primary N) is 2. The second-order valence-corrected chi connectivity index (χ2v) is 3.31. The number of hydrogen-bond acceptors (Lipinski definition) is 5. The Hall–Kier alpha value is -1.65. The number of aromatic amines is 1. The lowest BCUT2D eigenvalue weighted by atomic mass is 10.2. The van der Waals surface area contributed by atoms with Crippen molar-refractivity contribution in [3.8, 4) is 0 Å². The van der Waals surface area contributed by atoms with Gasteiger partial charge in [-0.25, -0.2) is 0 Å². The Labute approximate surface area is 85.0 Å². The highest BCUT2D eigenvalue weighted by Gasteiger charge is 2.11. The van der Waals surface area contributed by atoms with E-state index < -0.39 is 16.3 Å². The number of nitrogens with one attached hydrogen (secondary N) is 1. The molecule has 15 heavy (non-hydrogen) atoms. The second kappa shape index (κ2) is 4.72. The van der Waals surface area contributed by atoms with Crippen molar-refractivity contribution in [1.29, 1.82) is 0 Å². The van der Waals surface area contributed by atoms with Crippen LogP contribution in [0.3, 0.4) is 0 Å². The molecule has 10 heteroatoms. The maximum Gasteiger partial charge on any atom is 0.394 e. The lowest BCUT2D eigenvalue weighted by Gasteiger charge is -1.90. The van der Waals surface area contributed by atoms with Crippen LogP contribution in [0.5, 0.6) is 0 Å². The van der Waals surface area contributed by atoms with Crippen molar-refractivity contribution in [1.82, 2.24) is 10.2 Å². The molecule has 0 aliphatic carbocycles. The van der Waals surface area contributed by atoms with Crippen molar-refractivity contribution < 1.29 is 22.3 Å². The van der Waals surface area contributed by atoms with Crippen LogP contribution < -0.4 is 11.5 Å². The molecule has 9 nitrogen and oxygen atoms in total. The highest BCUT2D eigenvalue weighted by atomic mass is 32.3. The number of hydrogen-bond donors (Lipinski definition) is 5. The van der Waals surface area contributed by atoms with Crippen LogP contribution in [0.15, 0.2) is 0 Å². The van der Waals surface area contributed by atoms with Gasteiger partial charge in [0.2, 0.25) is 0 Å². The number of aryl methyl sites for hydroxylation is 1. The van der Waals surface area contributed by atoms with Crippen LogP contribution in [-0.2, 0) is 10.4 Å². The summed E-state index contributed by atoms with van der Waals surface area (Å²) in [6.45, 7) is 1.66. The summed E-state index contributed by atoms with van der Waals surface area (Å²) in [4.78, 5) is 10.6. The first-order valence-electron chi connectivity index (χ1n) is 3.43. The Balaban J connectivity index is 0.000000336. The summed E-state index contributed by atoms with van der Waals surface area (Å²) >= 11 is 0. The number of primary amides is 1. The number of anilines is 1. The molecular formula is C5H10N4O5S. The Morgan fingerprint density at radius 3 is 2.00 bits per heavy atom. The van der Waals surface area contributed by atoms with Gasteiger partial charge in [-0.05, 0) is 6.92 Å². The third kappa shape index (κ3) is 5.61. The molecule has 0 unspecified atom stereocenters. The molecule has 0 atom stereocenters. The molecule has 7 N–H and O–H groups in total. The summed E-state index contributed by atoms with van der Waals surface area (Å²) in [5.41, 5.74) is 11.1. The minimum absolute atomic E-state index is 0.227. The van der Waals surface area contributed by atoms with Gasteiger partial charge in [0.1, 0.15) is 11.4 Å². The molecule has 0 fully saturated rings. The first-order chi connectivity index (χ1) is 6.63. The smallest absolute Gasteiger partial charge is 0.383 e. The largest absolute Gasteiger partial charge is 0.394 e.